The molecule has 1 rings (SSSR count). The highest BCUT2D eigenvalue weighted by atomic mass is 15.2. The Hall–Kier alpha value is -1.51. The fourth-order valence-electron chi connectivity index (χ4n) is 2.21. The number of rotatable bonds is 5. The molecule has 1 aromatic carbocycles. The van der Waals surface area contributed by atoms with Gasteiger partial charge in [0.2, 0.25) is 0 Å². The van der Waals surface area contributed by atoms with Crippen molar-refractivity contribution in [3.8, 4) is 0 Å². The maximum Gasteiger partial charge on any atom is 0.124 e. The van der Waals surface area contributed by atoms with E-state index in [0.717, 1.165) is 17.8 Å². The summed E-state index contributed by atoms with van der Waals surface area (Å²) in [5.41, 5.74) is 8.83. The molecule has 18 heavy (non-hydrogen) atoms. The Morgan fingerprint density at radius 2 is 1.89 bits per heavy atom. The summed E-state index contributed by atoms with van der Waals surface area (Å²) < 4.78 is 0. The van der Waals surface area contributed by atoms with Crippen molar-refractivity contribution in [3.05, 3.63) is 29.3 Å². The molecular formula is C15H25N3. The highest BCUT2D eigenvalue weighted by molar-refractivity contribution is 6.01. The highest BCUT2D eigenvalue weighted by Crippen LogP contribution is 2.27. The topological polar surface area (TPSA) is 53.1 Å². The standard InChI is InChI=1S/C15H25N3/c1-10(2)9-18(11(3)4)14-12(5)7-6-8-13(14)15(16)17/h6-8,10-11H,9H2,1-5H3,(H3,16,17). The number of benzene rings is 1. The first-order chi connectivity index (χ1) is 8.34. The van der Waals surface area contributed by atoms with E-state index in [4.69, 9.17) is 11.1 Å². The average Bonchev–Trinajstić information content (AvgIpc) is 2.25. The van der Waals surface area contributed by atoms with E-state index in [1.54, 1.807) is 0 Å². The molecule has 0 aromatic heterocycles. The summed E-state index contributed by atoms with van der Waals surface area (Å²) in [5, 5.41) is 7.74. The maximum absolute atomic E-state index is 7.74. The van der Waals surface area contributed by atoms with E-state index >= 15 is 0 Å². The highest BCUT2D eigenvalue weighted by Gasteiger charge is 2.18. The minimum atomic E-state index is 0.142. The lowest BCUT2D eigenvalue weighted by Crippen LogP contribution is -2.36. The second kappa shape index (κ2) is 5.89. The summed E-state index contributed by atoms with van der Waals surface area (Å²) in [6, 6.07) is 6.37. The Kier molecular flexibility index (Phi) is 4.76. The molecule has 1 aromatic rings. The van der Waals surface area contributed by atoms with Crippen molar-refractivity contribution in [2.75, 3.05) is 11.4 Å². The van der Waals surface area contributed by atoms with Crippen LogP contribution < -0.4 is 10.6 Å². The summed E-state index contributed by atoms with van der Waals surface area (Å²) in [6.45, 7) is 11.8. The van der Waals surface area contributed by atoms with Crippen molar-refractivity contribution >= 4 is 11.5 Å². The molecule has 0 bridgehead atoms. The number of hydrogen-bond donors (Lipinski definition) is 2. The molecule has 0 heterocycles. The van der Waals surface area contributed by atoms with E-state index in [1.807, 2.05) is 12.1 Å². The van der Waals surface area contributed by atoms with Crippen LogP contribution in [0.4, 0.5) is 5.69 Å². The van der Waals surface area contributed by atoms with Gasteiger partial charge in [-0.3, -0.25) is 5.41 Å². The van der Waals surface area contributed by atoms with Crippen LogP contribution in [0.15, 0.2) is 18.2 Å². The van der Waals surface area contributed by atoms with Crippen LogP contribution >= 0.6 is 0 Å². The normalized spacial score (nSPS) is 11.1. The Labute approximate surface area is 111 Å². The predicted octanol–water partition coefficient (Wildman–Crippen LogP) is 3.15. The molecule has 0 aliphatic carbocycles. The zero-order chi connectivity index (χ0) is 13.9. The number of nitrogens with one attached hydrogen (secondary N) is 1. The third kappa shape index (κ3) is 3.25. The van der Waals surface area contributed by atoms with Gasteiger partial charge in [-0.25, -0.2) is 0 Å². The van der Waals surface area contributed by atoms with Crippen LogP contribution in [0.25, 0.3) is 0 Å². The lowest BCUT2D eigenvalue weighted by Gasteiger charge is -2.33. The van der Waals surface area contributed by atoms with Crippen molar-refractivity contribution in [2.45, 2.75) is 40.7 Å². The summed E-state index contributed by atoms with van der Waals surface area (Å²) >= 11 is 0. The van der Waals surface area contributed by atoms with Gasteiger partial charge >= 0.3 is 0 Å². The Balaban J connectivity index is 3.30. The molecular weight excluding hydrogens is 222 g/mol. The number of nitrogen functional groups attached to an aromatic ring is 1. The van der Waals surface area contributed by atoms with E-state index in [-0.39, 0.29) is 5.84 Å². The number of hydrogen-bond acceptors (Lipinski definition) is 2. The van der Waals surface area contributed by atoms with Gasteiger partial charge in [-0.15, -0.1) is 0 Å². The minimum Gasteiger partial charge on any atom is -0.384 e. The SMILES string of the molecule is Cc1cccc(C(=N)N)c1N(CC(C)C)C(C)C. The molecule has 0 aliphatic heterocycles. The first kappa shape index (κ1) is 14.6. The van der Waals surface area contributed by atoms with E-state index in [0.29, 0.717) is 12.0 Å². The molecule has 0 aliphatic rings. The number of anilines is 1. The van der Waals surface area contributed by atoms with Crippen LogP contribution in [0, 0.1) is 18.3 Å². The zero-order valence-electron chi connectivity index (χ0n) is 12.1. The molecule has 0 fully saturated rings. The van der Waals surface area contributed by atoms with Gasteiger partial charge in [-0.2, -0.15) is 0 Å². The Morgan fingerprint density at radius 1 is 1.28 bits per heavy atom. The van der Waals surface area contributed by atoms with Crippen molar-refractivity contribution in [3.63, 3.8) is 0 Å². The number of para-hydroxylation sites is 1. The fraction of sp³-hybridized carbons (Fsp3) is 0.533. The van der Waals surface area contributed by atoms with Gasteiger partial charge in [-0.05, 0) is 38.3 Å². The van der Waals surface area contributed by atoms with Crippen molar-refractivity contribution in [1.29, 1.82) is 5.41 Å². The zero-order valence-corrected chi connectivity index (χ0v) is 12.1. The second-order valence-electron chi connectivity index (χ2n) is 5.52. The van der Waals surface area contributed by atoms with Gasteiger partial charge in [-0.1, -0.05) is 26.0 Å². The van der Waals surface area contributed by atoms with Crippen LogP contribution in [-0.2, 0) is 0 Å². The molecule has 3 nitrogen and oxygen atoms in total. The minimum absolute atomic E-state index is 0.142. The molecule has 100 valence electrons. The van der Waals surface area contributed by atoms with Crippen molar-refractivity contribution in [2.24, 2.45) is 11.7 Å². The summed E-state index contributed by atoms with van der Waals surface area (Å²) in [6.07, 6.45) is 0. The molecule has 0 unspecified atom stereocenters. The fourth-order valence-corrected chi connectivity index (χ4v) is 2.21. The molecule has 3 N–H and O–H groups in total. The smallest absolute Gasteiger partial charge is 0.124 e. The van der Waals surface area contributed by atoms with E-state index in [1.165, 1.54) is 5.56 Å². The Bertz CT molecular complexity index is 422. The summed E-state index contributed by atoms with van der Waals surface area (Å²) in [5.74, 6) is 0.718. The first-order valence-electron chi connectivity index (χ1n) is 6.55. The Morgan fingerprint density at radius 3 is 2.33 bits per heavy atom. The van der Waals surface area contributed by atoms with Crippen LogP contribution in [-0.4, -0.2) is 18.4 Å². The number of amidine groups is 1. The molecule has 0 atom stereocenters. The lowest BCUT2D eigenvalue weighted by molar-refractivity contribution is 0.570. The predicted molar refractivity (Wildman–Crippen MR) is 79.5 cm³/mol. The van der Waals surface area contributed by atoms with Crippen LogP contribution in [0.5, 0.6) is 0 Å². The number of aryl methyl sites for hydroxylation is 1. The van der Waals surface area contributed by atoms with Gasteiger partial charge in [0.05, 0.1) is 5.69 Å². The van der Waals surface area contributed by atoms with E-state index in [2.05, 4.69) is 45.6 Å². The molecule has 0 radical (unpaired) electrons. The molecule has 3 heteroatoms. The number of nitrogens with two attached hydrogens (primary N) is 1. The summed E-state index contributed by atoms with van der Waals surface area (Å²) in [4.78, 5) is 2.34. The van der Waals surface area contributed by atoms with E-state index < -0.39 is 0 Å². The third-order valence-electron chi connectivity index (χ3n) is 3.00. The molecule has 0 spiro atoms. The van der Waals surface area contributed by atoms with Gasteiger partial charge in [0.15, 0.2) is 0 Å². The van der Waals surface area contributed by atoms with Gasteiger partial charge < -0.3 is 10.6 Å². The summed E-state index contributed by atoms with van der Waals surface area (Å²) in [7, 11) is 0. The quantitative estimate of drug-likeness (QED) is 0.620. The van der Waals surface area contributed by atoms with Crippen molar-refractivity contribution in [1.82, 2.24) is 0 Å². The van der Waals surface area contributed by atoms with Gasteiger partial charge in [0.1, 0.15) is 5.84 Å². The van der Waals surface area contributed by atoms with Gasteiger partial charge in [0.25, 0.3) is 0 Å². The van der Waals surface area contributed by atoms with Crippen LogP contribution in [0.1, 0.15) is 38.8 Å². The lowest BCUT2D eigenvalue weighted by atomic mass is 10.0. The third-order valence-corrected chi connectivity index (χ3v) is 3.00. The molecule has 0 saturated heterocycles. The van der Waals surface area contributed by atoms with Gasteiger partial charge in [0, 0.05) is 18.2 Å². The number of nitrogens with zero attached hydrogens (tertiary/aromatic N) is 1. The van der Waals surface area contributed by atoms with Crippen LogP contribution in [0.2, 0.25) is 0 Å². The van der Waals surface area contributed by atoms with E-state index in [9.17, 15) is 0 Å². The van der Waals surface area contributed by atoms with Crippen molar-refractivity contribution < 1.29 is 0 Å². The maximum atomic E-state index is 7.74. The largest absolute Gasteiger partial charge is 0.384 e. The molecule has 0 saturated carbocycles. The average molecular weight is 247 g/mol. The monoisotopic (exact) mass is 247 g/mol. The van der Waals surface area contributed by atoms with Crippen LogP contribution in [0.3, 0.4) is 0 Å². The first-order valence-corrected chi connectivity index (χ1v) is 6.55. The molecule has 0 amide bonds. The second-order valence-corrected chi connectivity index (χ2v) is 5.52.